The van der Waals surface area contributed by atoms with Gasteiger partial charge in [-0.25, -0.2) is 4.39 Å². The molecule has 1 heterocycles. The van der Waals surface area contributed by atoms with Crippen molar-refractivity contribution in [2.24, 2.45) is 0 Å². The molecule has 0 bridgehead atoms. The van der Waals surface area contributed by atoms with Crippen LogP contribution in [0.4, 0.5) is 4.39 Å². The van der Waals surface area contributed by atoms with Crippen molar-refractivity contribution >= 4 is 28.3 Å². The molecular weight excluding hydrogens is 437 g/mol. The van der Waals surface area contributed by atoms with Gasteiger partial charge >= 0.3 is 0 Å². The summed E-state index contributed by atoms with van der Waals surface area (Å²) in [5.41, 5.74) is 1.11. The Kier molecular flexibility index (Phi) is 8.51. The fraction of sp³-hybridized carbons (Fsp3) is 0.400. The van der Waals surface area contributed by atoms with Gasteiger partial charge in [-0.05, 0) is 36.8 Å². The summed E-state index contributed by atoms with van der Waals surface area (Å²) in [5.74, 6) is -0.260. The number of para-hydroxylation sites is 1. The normalized spacial score (nSPS) is 21.3. The van der Waals surface area contributed by atoms with Gasteiger partial charge < -0.3 is 14.6 Å². The molecule has 2 aromatic carbocycles. The van der Waals surface area contributed by atoms with Crippen molar-refractivity contribution in [1.82, 2.24) is 4.90 Å². The number of rotatable bonds is 6. The molecule has 148 valence electrons. The van der Waals surface area contributed by atoms with Crippen LogP contribution in [0, 0.1) is 5.82 Å². The van der Waals surface area contributed by atoms with E-state index in [-0.39, 0.29) is 36.9 Å². The van der Waals surface area contributed by atoms with Gasteiger partial charge in [0.25, 0.3) is 0 Å². The molecule has 0 aromatic heterocycles. The Morgan fingerprint density at radius 1 is 1.26 bits per heavy atom. The first-order valence-electron chi connectivity index (χ1n) is 8.71. The average Bonchev–Trinajstić information content (AvgIpc) is 2.64. The van der Waals surface area contributed by atoms with Gasteiger partial charge in [0.15, 0.2) is 11.6 Å². The highest BCUT2D eigenvalue weighted by Gasteiger charge is 2.31. The van der Waals surface area contributed by atoms with Crippen LogP contribution < -0.4 is 4.74 Å². The van der Waals surface area contributed by atoms with E-state index < -0.39 is 11.9 Å². The lowest BCUT2D eigenvalue weighted by Gasteiger charge is -2.40. The zero-order valence-corrected chi connectivity index (χ0v) is 17.5. The molecule has 1 aliphatic rings. The molecule has 4 nitrogen and oxygen atoms in total. The van der Waals surface area contributed by atoms with E-state index in [2.05, 4.69) is 27.8 Å². The number of hydrogen-bond acceptors (Lipinski definition) is 4. The van der Waals surface area contributed by atoms with E-state index in [1.165, 1.54) is 6.07 Å². The van der Waals surface area contributed by atoms with Crippen molar-refractivity contribution < 1.29 is 19.0 Å². The number of ether oxygens (including phenoxy) is 2. The Labute approximate surface area is 173 Å². The standard InChI is InChI=1S/C20H23BrFNO3.ClH/c1-14-20(15-6-8-16(21)9-7-15)25-11-10-23(14)12-17(24)13-26-19-5-3-2-4-18(19)22;/h2-9,14,17,20,24H,10-13H2,1H3;1H. The number of benzene rings is 2. The molecular formula is C20H24BrClFNO3. The van der Waals surface area contributed by atoms with Gasteiger partial charge in [-0.1, -0.05) is 40.2 Å². The van der Waals surface area contributed by atoms with Crippen LogP contribution in [0.5, 0.6) is 5.75 Å². The molecule has 2 aromatic rings. The van der Waals surface area contributed by atoms with E-state index in [1.807, 2.05) is 24.3 Å². The predicted octanol–water partition coefficient (Wildman–Crippen LogP) is 4.21. The monoisotopic (exact) mass is 459 g/mol. The Balaban J connectivity index is 0.00000261. The molecule has 1 N–H and O–H groups in total. The Hall–Kier alpha value is -1.18. The van der Waals surface area contributed by atoms with Crippen molar-refractivity contribution in [3.05, 3.63) is 64.4 Å². The Morgan fingerprint density at radius 2 is 1.96 bits per heavy atom. The summed E-state index contributed by atoms with van der Waals surface area (Å²) >= 11 is 3.45. The highest BCUT2D eigenvalue weighted by Crippen LogP contribution is 2.29. The molecule has 0 saturated carbocycles. The molecule has 3 rings (SSSR count). The fourth-order valence-electron chi connectivity index (χ4n) is 3.19. The SMILES string of the molecule is CC1C(c2ccc(Br)cc2)OCCN1CC(O)COc1ccccc1F.Cl. The number of morpholine rings is 1. The molecule has 0 spiro atoms. The molecule has 27 heavy (non-hydrogen) atoms. The van der Waals surface area contributed by atoms with Gasteiger partial charge in [-0.2, -0.15) is 0 Å². The van der Waals surface area contributed by atoms with E-state index in [0.29, 0.717) is 13.2 Å². The van der Waals surface area contributed by atoms with Crippen LogP contribution in [-0.2, 0) is 4.74 Å². The van der Waals surface area contributed by atoms with E-state index in [9.17, 15) is 9.50 Å². The molecule has 0 radical (unpaired) electrons. The molecule has 1 fully saturated rings. The number of nitrogens with zero attached hydrogens (tertiary/aromatic N) is 1. The van der Waals surface area contributed by atoms with Gasteiger partial charge in [-0.15, -0.1) is 12.4 Å². The Morgan fingerprint density at radius 3 is 2.67 bits per heavy atom. The van der Waals surface area contributed by atoms with Crippen LogP contribution in [0.3, 0.4) is 0 Å². The van der Waals surface area contributed by atoms with E-state index >= 15 is 0 Å². The topological polar surface area (TPSA) is 41.9 Å². The zero-order valence-electron chi connectivity index (χ0n) is 15.1. The number of hydrogen-bond donors (Lipinski definition) is 1. The number of β-amino-alcohol motifs (C(OH)–C–C–N with tert-alkyl or cyclic N) is 1. The summed E-state index contributed by atoms with van der Waals surface area (Å²) in [7, 11) is 0. The highest BCUT2D eigenvalue weighted by molar-refractivity contribution is 9.10. The van der Waals surface area contributed by atoms with Crippen molar-refractivity contribution in [3.8, 4) is 5.75 Å². The zero-order chi connectivity index (χ0) is 18.5. The second-order valence-corrected chi connectivity index (χ2v) is 7.39. The molecule has 3 unspecified atom stereocenters. The third-order valence-electron chi connectivity index (χ3n) is 4.60. The number of halogens is 3. The lowest BCUT2D eigenvalue weighted by atomic mass is 10.0. The third-order valence-corrected chi connectivity index (χ3v) is 5.13. The van der Waals surface area contributed by atoms with E-state index in [4.69, 9.17) is 9.47 Å². The van der Waals surface area contributed by atoms with Crippen molar-refractivity contribution in [3.63, 3.8) is 0 Å². The largest absolute Gasteiger partial charge is 0.488 e. The highest BCUT2D eigenvalue weighted by atomic mass is 79.9. The van der Waals surface area contributed by atoms with Crippen molar-refractivity contribution in [1.29, 1.82) is 0 Å². The molecule has 3 atom stereocenters. The quantitative estimate of drug-likeness (QED) is 0.701. The van der Waals surface area contributed by atoms with Gasteiger partial charge in [0, 0.05) is 23.6 Å². The van der Waals surface area contributed by atoms with Crippen LogP contribution in [0.1, 0.15) is 18.6 Å². The molecule has 0 aliphatic carbocycles. The van der Waals surface area contributed by atoms with Gasteiger partial charge in [0.1, 0.15) is 12.7 Å². The summed E-state index contributed by atoms with van der Waals surface area (Å²) in [4.78, 5) is 2.19. The minimum absolute atomic E-state index is 0. The van der Waals surface area contributed by atoms with Gasteiger partial charge in [0.2, 0.25) is 0 Å². The van der Waals surface area contributed by atoms with Crippen LogP contribution >= 0.6 is 28.3 Å². The lowest BCUT2D eigenvalue weighted by Crippen LogP contribution is -2.49. The number of aliphatic hydroxyl groups excluding tert-OH is 1. The molecule has 1 aliphatic heterocycles. The minimum Gasteiger partial charge on any atom is -0.488 e. The first-order chi connectivity index (χ1) is 12.5. The van der Waals surface area contributed by atoms with Crippen LogP contribution in [0.15, 0.2) is 53.0 Å². The smallest absolute Gasteiger partial charge is 0.165 e. The second-order valence-electron chi connectivity index (χ2n) is 6.47. The van der Waals surface area contributed by atoms with E-state index in [0.717, 1.165) is 16.6 Å². The lowest BCUT2D eigenvalue weighted by molar-refractivity contribution is -0.0805. The third kappa shape index (κ3) is 5.90. The van der Waals surface area contributed by atoms with E-state index in [1.54, 1.807) is 18.2 Å². The molecule has 1 saturated heterocycles. The maximum Gasteiger partial charge on any atom is 0.165 e. The summed E-state index contributed by atoms with van der Waals surface area (Å²) in [6, 6.07) is 14.4. The predicted molar refractivity (Wildman–Crippen MR) is 109 cm³/mol. The van der Waals surface area contributed by atoms with Crippen molar-refractivity contribution in [2.75, 3.05) is 26.3 Å². The van der Waals surface area contributed by atoms with Crippen molar-refractivity contribution in [2.45, 2.75) is 25.2 Å². The number of aliphatic hydroxyl groups is 1. The molecule has 7 heteroatoms. The second kappa shape index (κ2) is 10.4. The summed E-state index contributed by atoms with van der Waals surface area (Å²) in [5, 5.41) is 10.3. The maximum atomic E-state index is 13.6. The van der Waals surface area contributed by atoms with Gasteiger partial charge in [0.05, 0.1) is 12.7 Å². The Bertz CT molecular complexity index is 719. The first-order valence-corrected chi connectivity index (χ1v) is 9.50. The van der Waals surface area contributed by atoms with Crippen LogP contribution in [-0.4, -0.2) is 48.5 Å². The summed E-state index contributed by atoms with van der Waals surface area (Å²) in [6.45, 7) is 3.94. The van der Waals surface area contributed by atoms with Gasteiger partial charge in [-0.3, -0.25) is 4.90 Å². The van der Waals surface area contributed by atoms with Crippen LogP contribution in [0.25, 0.3) is 0 Å². The first kappa shape index (κ1) is 22.1. The molecule has 0 amide bonds. The maximum absolute atomic E-state index is 13.6. The van der Waals surface area contributed by atoms with Crippen LogP contribution in [0.2, 0.25) is 0 Å². The summed E-state index contributed by atoms with van der Waals surface area (Å²) in [6.07, 6.45) is -0.753. The minimum atomic E-state index is -0.708. The average molecular weight is 461 g/mol. The fourth-order valence-corrected chi connectivity index (χ4v) is 3.45. The summed E-state index contributed by atoms with van der Waals surface area (Å²) < 4.78 is 26.0.